The topological polar surface area (TPSA) is 96.0 Å². The summed E-state index contributed by atoms with van der Waals surface area (Å²) in [4.78, 5) is 10.1. The van der Waals surface area contributed by atoms with Crippen molar-refractivity contribution in [2.24, 2.45) is 5.92 Å². The number of quaternary nitrogens is 1. The van der Waals surface area contributed by atoms with Crippen LogP contribution < -0.4 is 0 Å². The Morgan fingerprint density at radius 3 is 1.10 bits per heavy atom. The molecular weight excluding hydrogens is 429 g/mol. The predicted molar refractivity (Wildman–Crippen MR) is 127 cm³/mol. The first kappa shape index (κ1) is 37.0. The van der Waals surface area contributed by atoms with E-state index in [-0.39, 0.29) is 17.4 Å². The van der Waals surface area contributed by atoms with Crippen LogP contribution in [0.2, 0.25) is 0 Å². The van der Waals surface area contributed by atoms with Gasteiger partial charge in [-0.25, -0.2) is 0 Å². The van der Waals surface area contributed by atoms with Crippen LogP contribution in [0.5, 0.6) is 0 Å². The lowest BCUT2D eigenvalue weighted by atomic mass is 10.1. The zero-order chi connectivity index (χ0) is 25.5. The van der Waals surface area contributed by atoms with Gasteiger partial charge >= 0.3 is 7.60 Å². The molecule has 0 aliphatic heterocycles. The highest BCUT2D eigenvalue weighted by molar-refractivity contribution is 7.87. The van der Waals surface area contributed by atoms with Crippen LogP contribution in [-0.2, 0) is 32.7 Å². The van der Waals surface area contributed by atoms with Crippen molar-refractivity contribution in [2.45, 2.75) is 79.3 Å². The second-order valence-corrected chi connectivity index (χ2v) is 13.8. The highest BCUT2D eigenvalue weighted by atomic mass is 32.2. The van der Waals surface area contributed by atoms with Gasteiger partial charge in [-0.05, 0) is 34.6 Å². The molecule has 0 heterocycles. The minimum Gasteiger partial charge on any atom is -0.329 e. The van der Waals surface area contributed by atoms with Gasteiger partial charge in [-0.15, -0.1) is 0 Å². The van der Waals surface area contributed by atoms with Crippen molar-refractivity contribution in [3.8, 4) is 0 Å². The highest BCUT2D eigenvalue weighted by Gasteiger charge is 2.25. The Hall–Kier alpha value is -0.310. The summed E-state index contributed by atoms with van der Waals surface area (Å²) in [6.07, 6.45) is 0. The van der Waals surface area contributed by atoms with E-state index in [2.05, 4.69) is 48.2 Å². The smallest absolute Gasteiger partial charge is 0.329 e. The Balaban J connectivity index is -0.000000152. The van der Waals surface area contributed by atoms with Crippen molar-refractivity contribution >= 4 is 23.5 Å². The third-order valence-corrected chi connectivity index (χ3v) is 8.22. The molecule has 30 heavy (non-hydrogen) atoms. The van der Waals surface area contributed by atoms with E-state index in [4.69, 9.17) is 0 Å². The molecule has 0 aliphatic rings. The van der Waals surface area contributed by atoms with Gasteiger partial charge in [0.15, 0.2) is 0 Å². The second-order valence-electron chi connectivity index (χ2n) is 8.68. The fraction of sp³-hybridized carbons (Fsp3) is 0.950. The lowest BCUT2D eigenvalue weighted by molar-refractivity contribution is -0.891. The van der Waals surface area contributed by atoms with Gasteiger partial charge in [-0.1, -0.05) is 27.7 Å². The Labute approximate surface area is 186 Å². The van der Waals surface area contributed by atoms with Gasteiger partial charge in [-0.3, -0.25) is 13.5 Å². The fourth-order valence-electron chi connectivity index (χ4n) is 0.689. The molecule has 0 atom stereocenters. The standard InChI is InChI=1S/C6H16N.C5H13O3P.C5H10O.C4H10O3S/c1-6(2)7(3,4)5;1-5(2)9(6,7-3)8-4;1-4(2)5(3)6;1-4(2)8(5,6)7-3/h6H,1-5H3;5H,1-4H3;4H,1-3H3;4H,1-3H3/q+1;;;. The molecule has 0 fully saturated rings. The molecule has 8 nitrogen and oxygen atoms in total. The predicted octanol–water partition coefficient (Wildman–Crippen LogP) is 4.58. The number of Topliss-reactive ketones (excluding diaryl/α,β-unsaturated/α-hetero) is 1. The van der Waals surface area contributed by atoms with E-state index in [9.17, 15) is 17.8 Å². The molecule has 10 heteroatoms. The highest BCUT2D eigenvalue weighted by Crippen LogP contribution is 2.50. The maximum atomic E-state index is 11.2. The summed E-state index contributed by atoms with van der Waals surface area (Å²) < 4.78 is 46.8. The molecule has 0 radical (unpaired) electrons. The fourth-order valence-corrected chi connectivity index (χ4v) is 2.07. The van der Waals surface area contributed by atoms with Crippen molar-refractivity contribution in [2.75, 3.05) is 42.5 Å². The molecule has 0 bridgehead atoms. The molecule has 0 N–H and O–H groups in total. The number of carbonyl (C=O) groups is 1. The number of hydrogen-bond donors (Lipinski definition) is 0. The summed E-state index contributed by atoms with van der Waals surface area (Å²) in [7, 11) is 4.56. The molecule has 0 saturated heterocycles. The Kier molecular flexibility index (Phi) is 21.3. The van der Waals surface area contributed by atoms with Crippen LogP contribution >= 0.6 is 7.60 Å². The van der Waals surface area contributed by atoms with Crippen LogP contribution in [-0.4, -0.2) is 78.1 Å². The maximum absolute atomic E-state index is 11.2. The molecule has 0 aromatic rings. The number of rotatable bonds is 7. The quantitative estimate of drug-likeness (QED) is 0.300. The first-order valence-electron chi connectivity index (χ1n) is 9.98. The average molecular weight is 479 g/mol. The van der Waals surface area contributed by atoms with Crippen molar-refractivity contribution in [1.82, 2.24) is 0 Å². The number of nitrogens with zero attached hydrogens (tertiary/aromatic N) is 1. The van der Waals surface area contributed by atoms with E-state index in [0.29, 0.717) is 0 Å². The third kappa shape index (κ3) is 20.9. The molecule has 0 unspecified atom stereocenters. The van der Waals surface area contributed by atoms with Gasteiger partial charge in [0.05, 0.1) is 45.2 Å². The first-order valence-corrected chi connectivity index (χ1v) is 13.1. The molecule has 0 aliphatic carbocycles. The van der Waals surface area contributed by atoms with Crippen LogP contribution in [0.4, 0.5) is 0 Å². The summed E-state index contributed by atoms with van der Waals surface area (Å²) in [6.45, 7) is 16.6. The molecule has 0 amide bonds. The zero-order valence-corrected chi connectivity index (χ0v) is 23.7. The van der Waals surface area contributed by atoms with Crippen molar-refractivity contribution in [1.29, 1.82) is 0 Å². The number of ketones is 1. The number of carbonyl (C=O) groups excluding carboxylic acids is 1. The Bertz CT molecular complexity index is 572. The molecule has 0 aromatic carbocycles. The van der Waals surface area contributed by atoms with Gasteiger partial charge in [0, 0.05) is 20.1 Å². The van der Waals surface area contributed by atoms with Crippen LogP contribution in [0.25, 0.3) is 0 Å². The van der Waals surface area contributed by atoms with E-state index < -0.39 is 23.0 Å². The Morgan fingerprint density at radius 2 is 1.10 bits per heavy atom. The van der Waals surface area contributed by atoms with Crippen LogP contribution in [0, 0.1) is 5.92 Å². The zero-order valence-electron chi connectivity index (χ0n) is 22.0. The minimum atomic E-state index is -3.24. The minimum absolute atomic E-state index is 0.0625. The monoisotopic (exact) mass is 478 g/mol. The molecule has 0 rings (SSSR count). The van der Waals surface area contributed by atoms with E-state index in [1.54, 1.807) is 34.6 Å². The van der Waals surface area contributed by atoms with Crippen molar-refractivity contribution < 1.29 is 35.5 Å². The number of hydrogen-bond acceptors (Lipinski definition) is 7. The van der Waals surface area contributed by atoms with E-state index in [1.807, 2.05) is 13.8 Å². The Morgan fingerprint density at radius 1 is 0.833 bits per heavy atom. The van der Waals surface area contributed by atoms with Crippen LogP contribution in [0.15, 0.2) is 0 Å². The van der Waals surface area contributed by atoms with Crippen molar-refractivity contribution in [3.05, 3.63) is 0 Å². The lowest BCUT2D eigenvalue weighted by Gasteiger charge is -2.28. The SMILES string of the molecule is CC(=O)C(C)C.CC(C)[N+](C)(C)C.COP(=O)(OC)C(C)C.COS(=O)(=O)C(C)C. The average Bonchev–Trinajstić information content (AvgIpc) is 2.61. The van der Waals surface area contributed by atoms with Crippen LogP contribution in [0.3, 0.4) is 0 Å². The van der Waals surface area contributed by atoms with Gasteiger partial charge < -0.3 is 13.5 Å². The molecule has 0 saturated carbocycles. The van der Waals surface area contributed by atoms with E-state index in [1.165, 1.54) is 14.2 Å². The summed E-state index contributed by atoms with van der Waals surface area (Å²) in [5.41, 5.74) is -0.0625. The summed E-state index contributed by atoms with van der Waals surface area (Å²) in [5, 5.41) is -0.438. The normalized spacial score (nSPS) is 12.0. The molecule has 0 aromatic heterocycles. The van der Waals surface area contributed by atoms with Gasteiger partial charge in [0.1, 0.15) is 5.78 Å². The largest absolute Gasteiger partial charge is 0.332 e. The maximum Gasteiger partial charge on any atom is 0.332 e. The van der Waals surface area contributed by atoms with E-state index >= 15 is 0 Å². The molecule has 186 valence electrons. The summed E-state index contributed by atoms with van der Waals surface area (Å²) in [6, 6.07) is 0.736. The first-order chi connectivity index (χ1) is 13.2. The van der Waals surface area contributed by atoms with Gasteiger partial charge in [-0.2, -0.15) is 8.42 Å². The van der Waals surface area contributed by atoms with Gasteiger partial charge in [0.25, 0.3) is 10.1 Å². The van der Waals surface area contributed by atoms with Crippen molar-refractivity contribution in [3.63, 3.8) is 0 Å². The second kappa shape index (κ2) is 17.3. The molecular formula is C20H49NO7PS+. The summed E-state index contributed by atoms with van der Waals surface area (Å²) in [5.74, 6) is 0.472. The van der Waals surface area contributed by atoms with Crippen LogP contribution in [0.1, 0.15) is 62.3 Å². The lowest BCUT2D eigenvalue weighted by Crippen LogP contribution is -2.41. The van der Waals surface area contributed by atoms with Gasteiger partial charge in [0.2, 0.25) is 0 Å². The van der Waals surface area contributed by atoms with E-state index in [0.717, 1.165) is 17.6 Å². The molecule has 0 spiro atoms. The summed E-state index contributed by atoms with van der Waals surface area (Å²) >= 11 is 0. The third-order valence-electron chi connectivity index (χ3n) is 4.31.